The van der Waals surface area contributed by atoms with E-state index in [1.165, 1.54) is 36.1 Å². The van der Waals surface area contributed by atoms with Crippen LogP contribution in [-0.4, -0.2) is 13.1 Å². The summed E-state index contributed by atoms with van der Waals surface area (Å²) in [5, 5.41) is 3.60. The van der Waals surface area contributed by atoms with Crippen LogP contribution in [0.4, 0.5) is 0 Å². The average Bonchev–Trinajstić information content (AvgIpc) is 3.15. The predicted molar refractivity (Wildman–Crippen MR) is 92.5 cm³/mol. The van der Waals surface area contributed by atoms with Gasteiger partial charge < -0.3 is 5.32 Å². The topological polar surface area (TPSA) is 12.0 Å². The first-order valence-electron chi connectivity index (χ1n) is 7.71. The van der Waals surface area contributed by atoms with Crippen LogP contribution in [0.5, 0.6) is 0 Å². The second-order valence-corrected chi connectivity index (χ2v) is 7.78. The highest BCUT2D eigenvalue weighted by Crippen LogP contribution is 2.45. The van der Waals surface area contributed by atoms with Crippen molar-refractivity contribution in [1.29, 1.82) is 0 Å². The molecular formula is C18H22ClNS. The summed E-state index contributed by atoms with van der Waals surface area (Å²) in [5.41, 5.74) is 1.76. The Kier molecular flexibility index (Phi) is 4.68. The summed E-state index contributed by atoms with van der Waals surface area (Å²) in [5.74, 6) is 0. The summed E-state index contributed by atoms with van der Waals surface area (Å²) in [6.45, 7) is 0. The molecule has 2 aromatic rings. The predicted octanol–water partition coefficient (Wildman–Crippen LogP) is 5.04. The average molecular weight is 320 g/mol. The van der Waals surface area contributed by atoms with Crippen LogP contribution in [0.15, 0.2) is 42.5 Å². The molecule has 0 amide bonds. The smallest absolute Gasteiger partial charge is 0.0931 e. The standard InChI is InChI=1S/C18H22ClNS/c1-20-16(13-15-9-10-17(19)21-15)18(11-5-6-12-18)14-7-3-2-4-8-14/h2-4,7-10,16,20H,5-6,11-13H2,1H3. The summed E-state index contributed by atoms with van der Waals surface area (Å²) in [7, 11) is 2.10. The number of rotatable bonds is 5. The zero-order chi connectivity index (χ0) is 14.7. The van der Waals surface area contributed by atoms with Gasteiger partial charge in [0.25, 0.3) is 0 Å². The van der Waals surface area contributed by atoms with Crippen LogP contribution < -0.4 is 5.32 Å². The fourth-order valence-corrected chi connectivity index (χ4v) is 4.98. The summed E-state index contributed by atoms with van der Waals surface area (Å²) in [6, 6.07) is 15.7. The maximum absolute atomic E-state index is 6.10. The van der Waals surface area contributed by atoms with Crippen LogP contribution >= 0.6 is 22.9 Å². The molecule has 1 aromatic heterocycles. The van der Waals surface area contributed by atoms with Gasteiger partial charge in [0.2, 0.25) is 0 Å². The Morgan fingerprint density at radius 1 is 1.14 bits per heavy atom. The molecule has 3 rings (SSSR count). The molecule has 1 saturated carbocycles. The van der Waals surface area contributed by atoms with Crippen molar-refractivity contribution in [2.75, 3.05) is 7.05 Å². The molecule has 1 aliphatic carbocycles. The molecule has 0 saturated heterocycles. The van der Waals surface area contributed by atoms with Crippen LogP contribution in [0.1, 0.15) is 36.1 Å². The molecule has 1 heterocycles. The van der Waals surface area contributed by atoms with Crippen molar-refractivity contribution < 1.29 is 0 Å². The quantitative estimate of drug-likeness (QED) is 0.813. The van der Waals surface area contributed by atoms with Gasteiger partial charge in [0.15, 0.2) is 0 Å². The van der Waals surface area contributed by atoms with Gasteiger partial charge >= 0.3 is 0 Å². The second kappa shape index (κ2) is 6.51. The van der Waals surface area contributed by atoms with Crippen LogP contribution in [0, 0.1) is 0 Å². The molecule has 1 atom stereocenters. The molecule has 0 radical (unpaired) electrons. The molecule has 0 spiro atoms. The lowest BCUT2D eigenvalue weighted by atomic mass is 9.71. The van der Waals surface area contributed by atoms with E-state index in [0.29, 0.717) is 6.04 Å². The van der Waals surface area contributed by atoms with Crippen molar-refractivity contribution in [3.63, 3.8) is 0 Å². The van der Waals surface area contributed by atoms with Gasteiger partial charge in [-0.3, -0.25) is 0 Å². The van der Waals surface area contributed by atoms with Gasteiger partial charge in [0, 0.05) is 16.3 Å². The first-order valence-corrected chi connectivity index (χ1v) is 8.91. The van der Waals surface area contributed by atoms with E-state index in [0.717, 1.165) is 10.8 Å². The Morgan fingerprint density at radius 2 is 1.86 bits per heavy atom. The Morgan fingerprint density at radius 3 is 2.43 bits per heavy atom. The summed E-state index contributed by atoms with van der Waals surface area (Å²) < 4.78 is 0.889. The Labute approximate surface area is 136 Å². The normalized spacial score (nSPS) is 18.8. The summed E-state index contributed by atoms with van der Waals surface area (Å²) in [4.78, 5) is 1.38. The van der Waals surface area contributed by atoms with E-state index >= 15 is 0 Å². The first-order chi connectivity index (χ1) is 10.2. The van der Waals surface area contributed by atoms with Gasteiger partial charge in [0.05, 0.1) is 4.34 Å². The number of hydrogen-bond acceptors (Lipinski definition) is 2. The van der Waals surface area contributed by atoms with E-state index in [2.05, 4.69) is 48.8 Å². The molecule has 112 valence electrons. The Balaban J connectivity index is 1.91. The van der Waals surface area contributed by atoms with Gasteiger partial charge in [-0.2, -0.15) is 0 Å². The van der Waals surface area contributed by atoms with Crippen LogP contribution in [0.25, 0.3) is 0 Å². The van der Waals surface area contributed by atoms with Crippen LogP contribution in [0.3, 0.4) is 0 Å². The van der Waals surface area contributed by atoms with Crippen molar-refractivity contribution in [2.45, 2.75) is 43.6 Å². The third kappa shape index (κ3) is 3.03. The number of benzene rings is 1. The molecule has 21 heavy (non-hydrogen) atoms. The monoisotopic (exact) mass is 319 g/mol. The number of likely N-dealkylation sites (N-methyl/N-ethyl adjacent to an activating group) is 1. The zero-order valence-electron chi connectivity index (χ0n) is 12.4. The first kappa shape index (κ1) is 15.1. The van der Waals surface area contributed by atoms with Crippen molar-refractivity contribution in [1.82, 2.24) is 5.32 Å². The van der Waals surface area contributed by atoms with Crippen molar-refractivity contribution in [3.8, 4) is 0 Å². The minimum Gasteiger partial charge on any atom is -0.316 e. The fourth-order valence-electron chi connectivity index (χ4n) is 3.85. The number of thiophene rings is 1. The molecule has 0 bridgehead atoms. The molecule has 1 aliphatic rings. The Bertz CT molecular complexity index is 572. The van der Waals surface area contributed by atoms with E-state index in [9.17, 15) is 0 Å². The van der Waals surface area contributed by atoms with Gasteiger partial charge in [-0.05, 0) is 44.0 Å². The summed E-state index contributed by atoms with van der Waals surface area (Å²) >= 11 is 7.81. The van der Waals surface area contributed by atoms with E-state index in [1.54, 1.807) is 11.3 Å². The van der Waals surface area contributed by atoms with Gasteiger partial charge in [0.1, 0.15) is 0 Å². The molecule has 1 fully saturated rings. The van der Waals surface area contributed by atoms with E-state index < -0.39 is 0 Å². The maximum atomic E-state index is 6.10. The lowest BCUT2D eigenvalue weighted by Gasteiger charge is -2.38. The van der Waals surface area contributed by atoms with Crippen molar-refractivity contribution in [2.24, 2.45) is 0 Å². The SMILES string of the molecule is CNC(Cc1ccc(Cl)s1)C1(c2ccccc2)CCCC1. The van der Waals surface area contributed by atoms with E-state index in [-0.39, 0.29) is 5.41 Å². The third-order valence-electron chi connectivity index (χ3n) is 4.89. The lowest BCUT2D eigenvalue weighted by molar-refractivity contribution is 0.309. The minimum atomic E-state index is 0.270. The highest BCUT2D eigenvalue weighted by molar-refractivity contribution is 7.16. The van der Waals surface area contributed by atoms with E-state index in [4.69, 9.17) is 11.6 Å². The fraction of sp³-hybridized carbons (Fsp3) is 0.444. The number of nitrogens with one attached hydrogen (secondary N) is 1. The molecule has 1 N–H and O–H groups in total. The molecule has 1 nitrogen and oxygen atoms in total. The summed E-state index contributed by atoms with van der Waals surface area (Å²) in [6.07, 6.45) is 6.28. The molecule has 1 unspecified atom stereocenters. The third-order valence-corrected chi connectivity index (χ3v) is 6.15. The van der Waals surface area contributed by atoms with Crippen LogP contribution in [-0.2, 0) is 11.8 Å². The largest absolute Gasteiger partial charge is 0.316 e. The van der Waals surface area contributed by atoms with Crippen molar-refractivity contribution in [3.05, 3.63) is 57.2 Å². The molecule has 1 aromatic carbocycles. The molecule has 3 heteroatoms. The maximum Gasteiger partial charge on any atom is 0.0931 e. The van der Waals surface area contributed by atoms with E-state index in [1.807, 2.05) is 6.07 Å². The Hall–Kier alpha value is -0.830. The number of halogens is 1. The zero-order valence-corrected chi connectivity index (χ0v) is 14.0. The van der Waals surface area contributed by atoms with Crippen LogP contribution in [0.2, 0.25) is 4.34 Å². The lowest BCUT2D eigenvalue weighted by Crippen LogP contribution is -2.46. The molecular weight excluding hydrogens is 298 g/mol. The molecule has 0 aliphatic heterocycles. The highest BCUT2D eigenvalue weighted by Gasteiger charge is 2.42. The minimum absolute atomic E-state index is 0.270. The van der Waals surface area contributed by atoms with Gasteiger partial charge in [-0.25, -0.2) is 0 Å². The van der Waals surface area contributed by atoms with Crippen molar-refractivity contribution >= 4 is 22.9 Å². The number of hydrogen-bond donors (Lipinski definition) is 1. The van der Waals surface area contributed by atoms with Gasteiger partial charge in [-0.1, -0.05) is 54.8 Å². The van der Waals surface area contributed by atoms with Gasteiger partial charge in [-0.15, -0.1) is 11.3 Å². The highest BCUT2D eigenvalue weighted by atomic mass is 35.5. The second-order valence-electron chi connectivity index (χ2n) is 5.98.